The van der Waals surface area contributed by atoms with Crippen molar-refractivity contribution in [2.24, 2.45) is 5.92 Å². The molecule has 26 heavy (non-hydrogen) atoms. The molecule has 2 atom stereocenters. The second kappa shape index (κ2) is 8.07. The Labute approximate surface area is 155 Å². The maximum absolute atomic E-state index is 12.5. The Kier molecular flexibility index (Phi) is 6.27. The smallest absolute Gasteiger partial charge is 0.406 e. The first-order valence-electron chi connectivity index (χ1n) is 7.59. The number of esters is 1. The Morgan fingerprint density at radius 2 is 1.96 bits per heavy atom. The molecule has 1 fully saturated rings. The molecule has 6 nitrogen and oxygen atoms in total. The fourth-order valence-corrected chi connectivity index (χ4v) is 2.89. The molecule has 0 spiro atoms. The van der Waals surface area contributed by atoms with Crippen LogP contribution in [-0.4, -0.2) is 49.1 Å². The molecular formula is C16H16BrF3N2O4. The van der Waals surface area contributed by atoms with E-state index in [9.17, 15) is 27.6 Å². The first kappa shape index (κ1) is 20.2. The molecule has 2 amide bonds. The molecule has 1 aromatic rings. The summed E-state index contributed by atoms with van der Waals surface area (Å²) in [5.74, 6) is -3.12. The van der Waals surface area contributed by atoms with E-state index in [-0.39, 0.29) is 13.0 Å². The molecule has 2 rings (SSSR count). The normalized spacial score (nSPS) is 18.6. The molecule has 10 heteroatoms. The highest BCUT2D eigenvalue weighted by Crippen LogP contribution is 2.25. The van der Waals surface area contributed by atoms with Crippen LogP contribution in [0.4, 0.5) is 13.2 Å². The number of hydrogen-bond donors (Lipinski definition) is 1. The lowest BCUT2D eigenvalue weighted by Crippen LogP contribution is -2.40. The van der Waals surface area contributed by atoms with Crippen LogP contribution in [0.2, 0.25) is 0 Å². The molecule has 1 aliphatic heterocycles. The summed E-state index contributed by atoms with van der Waals surface area (Å²) in [5.41, 5.74) is 0.449. The molecule has 1 N–H and O–H groups in total. The van der Waals surface area contributed by atoms with Gasteiger partial charge < -0.3 is 15.0 Å². The summed E-state index contributed by atoms with van der Waals surface area (Å²) < 4.78 is 42.8. The first-order chi connectivity index (χ1) is 12.1. The van der Waals surface area contributed by atoms with Gasteiger partial charge in [-0.15, -0.1) is 0 Å². The summed E-state index contributed by atoms with van der Waals surface area (Å²) in [4.78, 5) is 36.7. The Bertz CT molecular complexity index is 694. The summed E-state index contributed by atoms with van der Waals surface area (Å²) in [7, 11) is 1.16. The van der Waals surface area contributed by atoms with E-state index in [0.717, 1.165) is 11.6 Å². The maximum atomic E-state index is 12.5. The lowest BCUT2D eigenvalue weighted by atomic mass is 10.0. The molecular weight excluding hydrogens is 421 g/mol. The number of nitrogens with zero attached hydrogens (tertiary/aromatic N) is 1. The standard InChI is InChI=1S/C16H16BrF3N2O4/c1-26-15(25)13(9-2-4-11(17)5-3-9)21-14(24)10-6-12(23)22(7-10)8-16(18,19)20/h2-5,10,13H,6-8H2,1H3,(H,21,24). The zero-order chi connectivity index (χ0) is 19.5. The SMILES string of the molecule is COC(=O)C(NC(=O)C1CC(=O)N(CC(F)(F)F)C1)c1ccc(Br)cc1. The number of likely N-dealkylation sites (tertiary alicyclic amines) is 1. The van der Waals surface area contributed by atoms with Crippen LogP contribution in [0, 0.1) is 5.92 Å². The summed E-state index contributed by atoms with van der Waals surface area (Å²) in [6.07, 6.45) is -4.87. The first-order valence-corrected chi connectivity index (χ1v) is 8.38. The highest BCUT2D eigenvalue weighted by atomic mass is 79.9. The van der Waals surface area contributed by atoms with Gasteiger partial charge in [0.15, 0.2) is 6.04 Å². The number of hydrogen-bond acceptors (Lipinski definition) is 4. The van der Waals surface area contributed by atoms with Crippen LogP contribution in [0.15, 0.2) is 28.7 Å². The van der Waals surface area contributed by atoms with Gasteiger partial charge in [0.1, 0.15) is 6.54 Å². The monoisotopic (exact) mass is 436 g/mol. The minimum Gasteiger partial charge on any atom is -0.467 e. The van der Waals surface area contributed by atoms with Crippen molar-refractivity contribution in [3.05, 3.63) is 34.3 Å². The summed E-state index contributed by atoms with van der Waals surface area (Å²) >= 11 is 3.25. The van der Waals surface area contributed by atoms with Crippen LogP contribution in [0.25, 0.3) is 0 Å². The van der Waals surface area contributed by atoms with Crippen LogP contribution in [0.3, 0.4) is 0 Å². The predicted octanol–water partition coefficient (Wildman–Crippen LogP) is 2.19. The van der Waals surface area contributed by atoms with Crippen molar-refractivity contribution in [2.75, 3.05) is 20.2 Å². The van der Waals surface area contributed by atoms with Crippen molar-refractivity contribution in [3.63, 3.8) is 0 Å². The largest absolute Gasteiger partial charge is 0.467 e. The molecule has 1 saturated heterocycles. The quantitative estimate of drug-likeness (QED) is 0.717. The van der Waals surface area contributed by atoms with E-state index >= 15 is 0 Å². The van der Waals surface area contributed by atoms with Gasteiger partial charge in [0.25, 0.3) is 0 Å². The predicted molar refractivity (Wildman–Crippen MR) is 87.8 cm³/mol. The van der Waals surface area contributed by atoms with Gasteiger partial charge in [0.05, 0.1) is 13.0 Å². The van der Waals surface area contributed by atoms with Gasteiger partial charge in [0, 0.05) is 17.4 Å². The van der Waals surface area contributed by atoms with Crippen molar-refractivity contribution in [1.82, 2.24) is 10.2 Å². The Morgan fingerprint density at radius 1 is 1.35 bits per heavy atom. The van der Waals surface area contributed by atoms with Crippen molar-refractivity contribution in [3.8, 4) is 0 Å². The van der Waals surface area contributed by atoms with E-state index in [1.54, 1.807) is 24.3 Å². The average Bonchev–Trinajstić information content (AvgIpc) is 2.92. The maximum Gasteiger partial charge on any atom is 0.406 e. The van der Waals surface area contributed by atoms with Crippen molar-refractivity contribution >= 4 is 33.7 Å². The highest BCUT2D eigenvalue weighted by molar-refractivity contribution is 9.10. The lowest BCUT2D eigenvalue weighted by molar-refractivity contribution is -0.157. The van der Waals surface area contributed by atoms with Crippen molar-refractivity contribution in [2.45, 2.75) is 18.6 Å². The van der Waals surface area contributed by atoms with E-state index < -0.39 is 42.5 Å². The third-order valence-corrected chi connectivity index (χ3v) is 4.41. The third kappa shape index (κ3) is 5.20. The lowest BCUT2D eigenvalue weighted by Gasteiger charge is -2.20. The van der Waals surface area contributed by atoms with Crippen molar-refractivity contribution < 1.29 is 32.3 Å². The molecule has 2 unspecified atom stereocenters. The number of amides is 2. The summed E-state index contributed by atoms with van der Waals surface area (Å²) in [5, 5.41) is 2.46. The average molecular weight is 437 g/mol. The zero-order valence-corrected chi connectivity index (χ0v) is 15.3. The van der Waals surface area contributed by atoms with Crippen LogP contribution < -0.4 is 5.32 Å². The number of benzene rings is 1. The number of carbonyl (C=O) groups excluding carboxylic acids is 3. The van der Waals surface area contributed by atoms with E-state index in [1.807, 2.05) is 0 Å². The molecule has 142 valence electrons. The van der Waals surface area contributed by atoms with E-state index in [4.69, 9.17) is 0 Å². The number of alkyl halides is 3. The van der Waals surface area contributed by atoms with Gasteiger partial charge in [-0.05, 0) is 17.7 Å². The topological polar surface area (TPSA) is 75.7 Å². The number of carbonyl (C=O) groups is 3. The van der Waals surface area contributed by atoms with Gasteiger partial charge in [-0.25, -0.2) is 4.79 Å². The minimum absolute atomic E-state index is 0.337. The fourth-order valence-electron chi connectivity index (χ4n) is 2.63. The van der Waals surface area contributed by atoms with Gasteiger partial charge >= 0.3 is 12.1 Å². The van der Waals surface area contributed by atoms with E-state index in [1.165, 1.54) is 0 Å². The molecule has 0 aliphatic carbocycles. The third-order valence-electron chi connectivity index (χ3n) is 3.88. The van der Waals surface area contributed by atoms with Crippen LogP contribution in [0.1, 0.15) is 18.0 Å². The molecule has 1 aromatic carbocycles. The Balaban J connectivity index is 2.09. The highest BCUT2D eigenvalue weighted by Gasteiger charge is 2.41. The fraction of sp³-hybridized carbons (Fsp3) is 0.438. The zero-order valence-electron chi connectivity index (χ0n) is 13.7. The summed E-state index contributed by atoms with van der Waals surface area (Å²) in [6, 6.07) is 5.42. The number of methoxy groups -OCH3 is 1. The van der Waals surface area contributed by atoms with E-state index in [0.29, 0.717) is 10.5 Å². The van der Waals surface area contributed by atoms with E-state index in [2.05, 4.69) is 26.0 Å². The number of ether oxygens (including phenoxy) is 1. The number of nitrogens with one attached hydrogen (secondary N) is 1. The summed E-state index contributed by atoms with van der Waals surface area (Å²) in [6.45, 7) is -1.75. The van der Waals surface area contributed by atoms with Crippen LogP contribution in [-0.2, 0) is 19.1 Å². The molecule has 0 bridgehead atoms. The van der Waals surface area contributed by atoms with Gasteiger partial charge in [-0.3, -0.25) is 9.59 Å². The molecule has 0 aromatic heterocycles. The molecule has 0 saturated carbocycles. The second-order valence-electron chi connectivity index (χ2n) is 5.81. The molecule has 0 radical (unpaired) electrons. The molecule has 1 aliphatic rings. The van der Waals surface area contributed by atoms with Crippen molar-refractivity contribution in [1.29, 1.82) is 0 Å². The second-order valence-corrected chi connectivity index (χ2v) is 6.72. The van der Waals surface area contributed by atoms with Gasteiger partial charge in [0.2, 0.25) is 11.8 Å². The Morgan fingerprint density at radius 3 is 2.50 bits per heavy atom. The molecule has 1 heterocycles. The van der Waals surface area contributed by atoms with Gasteiger partial charge in [-0.2, -0.15) is 13.2 Å². The number of halogens is 4. The Hall–Kier alpha value is -2.10. The van der Waals surface area contributed by atoms with Crippen LogP contribution >= 0.6 is 15.9 Å². The number of rotatable bonds is 5. The minimum atomic E-state index is -4.53. The van der Waals surface area contributed by atoms with Gasteiger partial charge in [-0.1, -0.05) is 28.1 Å². The van der Waals surface area contributed by atoms with Crippen LogP contribution in [0.5, 0.6) is 0 Å².